The first-order valence-corrected chi connectivity index (χ1v) is 10.3. The molecule has 5 rings (SSSR count). The number of rotatable bonds is 5. The molecule has 1 aliphatic heterocycles. The molecule has 150 valence electrons. The summed E-state index contributed by atoms with van der Waals surface area (Å²) in [5.74, 6) is 1.35. The van der Waals surface area contributed by atoms with Gasteiger partial charge in [0.25, 0.3) is 0 Å². The predicted octanol–water partition coefficient (Wildman–Crippen LogP) is 4.81. The normalized spacial score (nSPS) is 16.8. The van der Waals surface area contributed by atoms with Gasteiger partial charge in [-0.3, -0.25) is 9.88 Å². The summed E-state index contributed by atoms with van der Waals surface area (Å²) in [6.07, 6.45) is 7.78. The van der Waals surface area contributed by atoms with Gasteiger partial charge in [-0.25, -0.2) is 15.0 Å². The van der Waals surface area contributed by atoms with Crippen LogP contribution in [0.2, 0.25) is 0 Å². The molecule has 0 saturated carbocycles. The van der Waals surface area contributed by atoms with Gasteiger partial charge in [-0.05, 0) is 67.8 Å². The molecule has 0 radical (unpaired) electrons. The van der Waals surface area contributed by atoms with Crippen molar-refractivity contribution in [3.05, 3.63) is 83.9 Å². The Labute approximate surface area is 176 Å². The lowest BCUT2D eigenvalue weighted by Crippen LogP contribution is -2.23. The fourth-order valence-electron chi connectivity index (χ4n) is 4.08. The molecule has 0 unspecified atom stereocenters. The van der Waals surface area contributed by atoms with E-state index >= 15 is 0 Å². The first kappa shape index (κ1) is 18.6. The van der Waals surface area contributed by atoms with Gasteiger partial charge in [0.2, 0.25) is 5.95 Å². The minimum absolute atomic E-state index is 0.295. The van der Waals surface area contributed by atoms with Crippen LogP contribution >= 0.6 is 0 Å². The van der Waals surface area contributed by atoms with Gasteiger partial charge in [-0.15, -0.1) is 0 Å². The molecular formula is C24H24N6. The minimum Gasteiger partial charge on any atom is -0.309 e. The van der Waals surface area contributed by atoms with E-state index in [1.807, 2.05) is 49.8 Å². The second-order valence-electron chi connectivity index (χ2n) is 7.81. The van der Waals surface area contributed by atoms with Gasteiger partial charge in [0.15, 0.2) is 0 Å². The third-order valence-corrected chi connectivity index (χ3v) is 5.59. The van der Waals surface area contributed by atoms with Crippen molar-refractivity contribution in [2.24, 2.45) is 0 Å². The molecule has 1 atom stereocenters. The highest BCUT2D eigenvalue weighted by Gasteiger charge is 2.27. The van der Waals surface area contributed by atoms with Gasteiger partial charge in [0.05, 0.1) is 17.3 Å². The molecule has 1 aromatic carbocycles. The molecule has 30 heavy (non-hydrogen) atoms. The second-order valence-corrected chi connectivity index (χ2v) is 7.81. The fourth-order valence-corrected chi connectivity index (χ4v) is 4.08. The molecule has 1 saturated heterocycles. The lowest BCUT2D eigenvalue weighted by atomic mass is 10.1. The lowest BCUT2D eigenvalue weighted by Gasteiger charge is -2.24. The molecule has 1 aliphatic rings. The number of hydrogen-bond acceptors (Lipinski definition) is 6. The Hall–Kier alpha value is -3.38. The van der Waals surface area contributed by atoms with Crippen molar-refractivity contribution in [1.82, 2.24) is 24.8 Å². The Morgan fingerprint density at radius 3 is 2.90 bits per heavy atom. The van der Waals surface area contributed by atoms with Crippen LogP contribution in [0.1, 0.15) is 35.7 Å². The molecule has 1 fully saturated rings. The summed E-state index contributed by atoms with van der Waals surface area (Å²) in [5, 5.41) is 4.41. The predicted molar refractivity (Wildman–Crippen MR) is 118 cm³/mol. The molecule has 0 bridgehead atoms. The maximum Gasteiger partial charge on any atom is 0.228 e. The van der Waals surface area contributed by atoms with Crippen molar-refractivity contribution < 1.29 is 0 Å². The van der Waals surface area contributed by atoms with E-state index in [1.54, 1.807) is 0 Å². The Bertz CT molecular complexity index is 1160. The summed E-state index contributed by atoms with van der Waals surface area (Å²) in [5.41, 5.74) is 4.52. The van der Waals surface area contributed by atoms with Crippen molar-refractivity contribution in [2.75, 3.05) is 11.9 Å². The maximum absolute atomic E-state index is 4.80. The first-order chi connectivity index (χ1) is 14.7. The molecule has 3 aromatic heterocycles. The minimum atomic E-state index is 0.295. The molecule has 6 nitrogen and oxygen atoms in total. The lowest BCUT2D eigenvalue weighted by molar-refractivity contribution is 0.244. The van der Waals surface area contributed by atoms with Crippen LogP contribution in [0.5, 0.6) is 0 Å². The molecule has 4 heterocycles. The third-order valence-electron chi connectivity index (χ3n) is 5.59. The topological polar surface area (TPSA) is 66.8 Å². The van der Waals surface area contributed by atoms with Crippen LogP contribution < -0.4 is 5.32 Å². The second kappa shape index (κ2) is 8.16. The average molecular weight is 396 g/mol. The van der Waals surface area contributed by atoms with Crippen LogP contribution in [0, 0.1) is 6.92 Å². The number of likely N-dealkylation sites (tertiary alicyclic amines) is 1. The number of anilines is 2. The highest BCUT2D eigenvalue weighted by atomic mass is 15.2. The fraction of sp³-hybridized carbons (Fsp3) is 0.250. The van der Waals surface area contributed by atoms with Gasteiger partial charge < -0.3 is 5.32 Å². The molecule has 1 N–H and O–H groups in total. The molecule has 6 heteroatoms. The Balaban J connectivity index is 1.34. The number of benzene rings is 1. The molecule has 0 aliphatic carbocycles. The Morgan fingerprint density at radius 2 is 2.00 bits per heavy atom. The van der Waals surface area contributed by atoms with E-state index in [0.29, 0.717) is 12.0 Å². The van der Waals surface area contributed by atoms with E-state index < -0.39 is 0 Å². The highest BCUT2D eigenvalue weighted by Crippen LogP contribution is 2.32. The van der Waals surface area contributed by atoms with E-state index in [9.17, 15) is 0 Å². The van der Waals surface area contributed by atoms with Gasteiger partial charge in [-0.1, -0.05) is 18.2 Å². The van der Waals surface area contributed by atoms with Gasteiger partial charge in [0.1, 0.15) is 5.82 Å². The number of pyridine rings is 2. The van der Waals surface area contributed by atoms with Crippen molar-refractivity contribution >= 4 is 22.7 Å². The third kappa shape index (κ3) is 4.00. The molecule has 4 aromatic rings. The Morgan fingerprint density at radius 1 is 1.03 bits per heavy atom. The SMILES string of the molecule is Cc1ccc(Nc2nccc([C@H]3CCCN3Cc3ccc4ncccc4c3)n2)nc1. The summed E-state index contributed by atoms with van der Waals surface area (Å²) in [6.45, 7) is 4.00. The quantitative estimate of drug-likeness (QED) is 0.522. The summed E-state index contributed by atoms with van der Waals surface area (Å²) in [4.78, 5) is 20.5. The number of aromatic nitrogens is 4. The Kier molecular flexibility index (Phi) is 5.07. The zero-order valence-electron chi connectivity index (χ0n) is 17.0. The first-order valence-electron chi connectivity index (χ1n) is 10.3. The summed E-state index contributed by atoms with van der Waals surface area (Å²) >= 11 is 0. The largest absolute Gasteiger partial charge is 0.309 e. The molecule has 0 amide bonds. The molecular weight excluding hydrogens is 372 g/mol. The van der Waals surface area contributed by atoms with E-state index in [-0.39, 0.29) is 0 Å². The smallest absolute Gasteiger partial charge is 0.228 e. The number of aryl methyl sites for hydroxylation is 1. The average Bonchev–Trinajstić information content (AvgIpc) is 3.24. The van der Waals surface area contributed by atoms with E-state index in [1.165, 1.54) is 17.4 Å². The van der Waals surface area contributed by atoms with Crippen LogP contribution in [-0.2, 0) is 6.54 Å². The molecule has 0 spiro atoms. The van der Waals surface area contributed by atoms with Crippen molar-refractivity contribution in [3.63, 3.8) is 0 Å². The number of nitrogens with zero attached hydrogens (tertiary/aromatic N) is 5. The van der Waals surface area contributed by atoms with E-state index in [4.69, 9.17) is 4.98 Å². The van der Waals surface area contributed by atoms with Crippen molar-refractivity contribution in [2.45, 2.75) is 32.4 Å². The van der Waals surface area contributed by atoms with Gasteiger partial charge >= 0.3 is 0 Å². The highest BCUT2D eigenvalue weighted by molar-refractivity contribution is 5.78. The zero-order chi connectivity index (χ0) is 20.3. The maximum atomic E-state index is 4.80. The van der Waals surface area contributed by atoms with Crippen molar-refractivity contribution in [1.29, 1.82) is 0 Å². The summed E-state index contributed by atoms with van der Waals surface area (Å²) in [7, 11) is 0. The van der Waals surface area contributed by atoms with Crippen LogP contribution in [0.3, 0.4) is 0 Å². The van der Waals surface area contributed by atoms with Crippen LogP contribution in [-0.4, -0.2) is 31.4 Å². The van der Waals surface area contributed by atoms with Crippen LogP contribution in [0.4, 0.5) is 11.8 Å². The van der Waals surface area contributed by atoms with Gasteiger partial charge in [-0.2, -0.15) is 0 Å². The summed E-state index contributed by atoms with van der Waals surface area (Å²) < 4.78 is 0. The monoisotopic (exact) mass is 396 g/mol. The van der Waals surface area contributed by atoms with Gasteiger partial charge in [0, 0.05) is 30.5 Å². The van der Waals surface area contributed by atoms with Crippen molar-refractivity contribution in [3.8, 4) is 0 Å². The number of nitrogens with one attached hydrogen (secondary N) is 1. The standard InChI is InChI=1S/C24H24N6/c1-17-6-9-23(27-15-17)29-24-26-12-10-21(28-24)22-5-3-13-30(22)16-18-7-8-20-19(14-18)4-2-11-25-20/h2,4,6-12,14-15,22H,3,5,13,16H2,1H3,(H,26,27,28,29)/t22-/m1/s1. The summed E-state index contributed by atoms with van der Waals surface area (Å²) in [6, 6.07) is 16.9. The number of fused-ring (bicyclic) bond motifs is 1. The van der Waals surface area contributed by atoms with Crippen LogP contribution in [0.15, 0.2) is 67.1 Å². The van der Waals surface area contributed by atoms with E-state index in [0.717, 1.165) is 42.1 Å². The zero-order valence-corrected chi connectivity index (χ0v) is 17.0. The van der Waals surface area contributed by atoms with E-state index in [2.05, 4.69) is 49.4 Å². The number of hydrogen-bond donors (Lipinski definition) is 1. The van der Waals surface area contributed by atoms with Crippen LogP contribution in [0.25, 0.3) is 10.9 Å².